The van der Waals surface area contributed by atoms with Gasteiger partial charge in [0.15, 0.2) is 11.5 Å². The van der Waals surface area contributed by atoms with E-state index < -0.39 is 11.4 Å². The number of methoxy groups -OCH3 is 1. The second-order valence-electron chi connectivity index (χ2n) is 4.91. The van der Waals surface area contributed by atoms with E-state index in [1.165, 1.54) is 7.11 Å². The molecule has 0 heterocycles. The van der Waals surface area contributed by atoms with Gasteiger partial charge in [-0.25, -0.2) is 0 Å². The molecule has 2 rings (SSSR count). The fourth-order valence-electron chi connectivity index (χ4n) is 2.89. The van der Waals surface area contributed by atoms with E-state index in [0.717, 1.165) is 18.4 Å². The van der Waals surface area contributed by atoms with Gasteiger partial charge in [0.25, 0.3) is 0 Å². The second-order valence-corrected chi connectivity index (χ2v) is 4.91. The molecule has 1 aromatic carbocycles. The van der Waals surface area contributed by atoms with E-state index in [4.69, 9.17) is 4.74 Å². The molecule has 0 unspecified atom stereocenters. The van der Waals surface area contributed by atoms with E-state index in [1.54, 1.807) is 12.1 Å². The van der Waals surface area contributed by atoms with Crippen LogP contribution in [-0.2, 0) is 10.2 Å². The number of aryl methyl sites for hydroxylation is 1. The third kappa shape index (κ3) is 1.72. The van der Waals surface area contributed by atoms with Crippen molar-refractivity contribution in [1.82, 2.24) is 0 Å². The first-order valence-corrected chi connectivity index (χ1v) is 6.13. The lowest BCUT2D eigenvalue weighted by atomic mass is 9.78. The molecular weight excluding hydrogens is 232 g/mol. The molecule has 0 aromatic heterocycles. The molecule has 0 spiro atoms. The topological polar surface area (TPSA) is 66.8 Å². The van der Waals surface area contributed by atoms with Crippen LogP contribution in [0.25, 0.3) is 0 Å². The molecule has 1 aliphatic rings. The minimum Gasteiger partial charge on any atom is -0.504 e. The fraction of sp³-hybridized carbons (Fsp3) is 0.500. The van der Waals surface area contributed by atoms with Gasteiger partial charge < -0.3 is 14.9 Å². The van der Waals surface area contributed by atoms with Crippen LogP contribution >= 0.6 is 0 Å². The van der Waals surface area contributed by atoms with Crippen molar-refractivity contribution in [3.63, 3.8) is 0 Å². The second kappa shape index (κ2) is 4.52. The third-order valence-corrected chi connectivity index (χ3v) is 3.91. The highest BCUT2D eigenvalue weighted by Gasteiger charge is 2.45. The lowest BCUT2D eigenvalue weighted by Crippen LogP contribution is -2.32. The molecule has 1 aliphatic carbocycles. The van der Waals surface area contributed by atoms with Gasteiger partial charge in [-0.3, -0.25) is 4.79 Å². The van der Waals surface area contributed by atoms with E-state index in [9.17, 15) is 15.0 Å². The summed E-state index contributed by atoms with van der Waals surface area (Å²) in [5, 5.41) is 19.8. The van der Waals surface area contributed by atoms with Crippen molar-refractivity contribution in [2.45, 2.75) is 38.0 Å². The average molecular weight is 250 g/mol. The molecule has 0 saturated heterocycles. The van der Waals surface area contributed by atoms with Gasteiger partial charge in [0.05, 0.1) is 12.5 Å². The summed E-state index contributed by atoms with van der Waals surface area (Å²) in [7, 11) is 1.48. The number of carboxylic acids is 1. The maximum absolute atomic E-state index is 11.6. The average Bonchev–Trinajstić information content (AvgIpc) is 2.80. The molecule has 0 bridgehead atoms. The van der Waals surface area contributed by atoms with E-state index in [0.29, 0.717) is 24.2 Å². The summed E-state index contributed by atoms with van der Waals surface area (Å²) in [6, 6.07) is 3.52. The first-order valence-electron chi connectivity index (χ1n) is 6.13. The Balaban J connectivity index is 2.59. The molecular formula is C14H18O4. The molecule has 0 radical (unpaired) electrons. The van der Waals surface area contributed by atoms with Crippen LogP contribution in [0, 0.1) is 6.92 Å². The number of hydrogen-bond acceptors (Lipinski definition) is 3. The number of benzene rings is 1. The van der Waals surface area contributed by atoms with Crippen molar-refractivity contribution >= 4 is 5.97 Å². The number of phenols is 1. The van der Waals surface area contributed by atoms with Gasteiger partial charge in [-0.1, -0.05) is 25.0 Å². The number of rotatable bonds is 3. The van der Waals surface area contributed by atoms with Crippen molar-refractivity contribution in [3.8, 4) is 11.5 Å². The Hall–Kier alpha value is -1.71. The molecule has 2 N–H and O–H groups in total. The molecule has 1 aromatic rings. The first-order chi connectivity index (χ1) is 8.53. The number of phenolic OH excluding ortho intramolecular Hbond substituents is 1. The van der Waals surface area contributed by atoms with Crippen LogP contribution in [-0.4, -0.2) is 23.3 Å². The van der Waals surface area contributed by atoms with E-state index in [2.05, 4.69) is 0 Å². The number of hydrogen-bond donors (Lipinski definition) is 2. The molecule has 4 nitrogen and oxygen atoms in total. The fourth-order valence-corrected chi connectivity index (χ4v) is 2.89. The Morgan fingerprint density at radius 2 is 1.94 bits per heavy atom. The summed E-state index contributed by atoms with van der Waals surface area (Å²) >= 11 is 0. The highest BCUT2D eigenvalue weighted by atomic mass is 16.5. The summed E-state index contributed by atoms with van der Waals surface area (Å²) in [5.41, 5.74) is 0.331. The van der Waals surface area contributed by atoms with Crippen molar-refractivity contribution in [3.05, 3.63) is 23.3 Å². The molecule has 98 valence electrons. The van der Waals surface area contributed by atoms with Gasteiger partial charge in [0.1, 0.15) is 0 Å². The Kier molecular flexibility index (Phi) is 3.20. The summed E-state index contributed by atoms with van der Waals surface area (Å²) < 4.78 is 5.16. The van der Waals surface area contributed by atoms with Gasteiger partial charge in [-0.05, 0) is 25.3 Å². The number of aromatic hydroxyl groups is 1. The molecule has 0 amide bonds. The highest BCUT2D eigenvalue weighted by molar-refractivity contribution is 5.83. The van der Waals surface area contributed by atoms with Crippen LogP contribution in [0.4, 0.5) is 0 Å². The highest BCUT2D eigenvalue weighted by Crippen LogP contribution is 2.48. The lowest BCUT2D eigenvalue weighted by molar-refractivity contribution is -0.143. The quantitative estimate of drug-likeness (QED) is 0.865. The van der Waals surface area contributed by atoms with Crippen LogP contribution in [0.3, 0.4) is 0 Å². The normalized spacial score (nSPS) is 17.7. The Labute approximate surface area is 106 Å². The van der Waals surface area contributed by atoms with Crippen molar-refractivity contribution < 1.29 is 19.7 Å². The number of carboxylic acid groups (broad SMARTS) is 1. The number of ether oxygens (including phenoxy) is 1. The molecule has 1 saturated carbocycles. The summed E-state index contributed by atoms with van der Waals surface area (Å²) in [5.74, 6) is -0.511. The van der Waals surface area contributed by atoms with Crippen molar-refractivity contribution in [2.75, 3.05) is 7.11 Å². The smallest absolute Gasteiger partial charge is 0.314 e. The SMILES string of the molecule is COc1c(C)ccc(C2(C(=O)O)CCCC2)c1O. The summed E-state index contributed by atoms with van der Waals surface area (Å²) in [6.45, 7) is 1.82. The van der Waals surface area contributed by atoms with Gasteiger partial charge in [0, 0.05) is 5.56 Å². The third-order valence-electron chi connectivity index (χ3n) is 3.91. The van der Waals surface area contributed by atoms with Gasteiger partial charge in [0.2, 0.25) is 0 Å². The summed E-state index contributed by atoms with van der Waals surface area (Å²) in [4.78, 5) is 11.6. The van der Waals surface area contributed by atoms with Crippen LogP contribution in [0.2, 0.25) is 0 Å². The Morgan fingerprint density at radius 1 is 1.33 bits per heavy atom. The maximum Gasteiger partial charge on any atom is 0.314 e. The summed E-state index contributed by atoms with van der Waals surface area (Å²) in [6.07, 6.45) is 2.90. The van der Waals surface area contributed by atoms with Gasteiger partial charge in [-0.15, -0.1) is 0 Å². The Morgan fingerprint density at radius 3 is 2.44 bits per heavy atom. The van der Waals surface area contributed by atoms with Crippen LogP contribution in [0.1, 0.15) is 36.8 Å². The predicted octanol–water partition coefficient (Wildman–Crippen LogP) is 2.61. The zero-order valence-electron chi connectivity index (χ0n) is 10.7. The minimum absolute atomic E-state index is 0.0261. The predicted molar refractivity (Wildman–Crippen MR) is 67.2 cm³/mol. The van der Waals surface area contributed by atoms with Crippen molar-refractivity contribution in [1.29, 1.82) is 0 Å². The number of aliphatic carboxylic acids is 1. The maximum atomic E-state index is 11.6. The molecule has 1 fully saturated rings. The lowest BCUT2D eigenvalue weighted by Gasteiger charge is -2.26. The minimum atomic E-state index is -0.953. The van der Waals surface area contributed by atoms with Gasteiger partial charge >= 0.3 is 5.97 Å². The number of carbonyl (C=O) groups is 1. The molecule has 0 atom stereocenters. The molecule has 18 heavy (non-hydrogen) atoms. The van der Waals surface area contributed by atoms with Crippen LogP contribution < -0.4 is 4.74 Å². The first kappa shape index (κ1) is 12.7. The van der Waals surface area contributed by atoms with Crippen LogP contribution in [0.15, 0.2) is 12.1 Å². The van der Waals surface area contributed by atoms with E-state index >= 15 is 0 Å². The monoisotopic (exact) mass is 250 g/mol. The van der Waals surface area contributed by atoms with E-state index in [-0.39, 0.29) is 5.75 Å². The zero-order chi connectivity index (χ0) is 13.3. The van der Waals surface area contributed by atoms with E-state index in [1.807, 2.05) is 6.92 Å². The Bertz CT molecular complexity index is 473. The van der Waals surface area contributed by atoms with Crippen molar-refractivity contribution in [2.24, 2.45) is 0 Å². The molecule has 0 aliphatic heterocycles. The zero-order valence-corrected chi connectivity index (χ0v) is 10.7. The largest absolute Gasteiger partial charge is 0.504 e. The molecule has 4 heteroatoms. The van der Waals surface area contributed by atoms with Crippen LogP contribution in [0.5, 0.6) is 11.5 Å². The standard InChI is InChI=1S/C14H18O4/c1-9-5-6-10(11(15)12(9)18-2)14(13(16)17)7-3-4-8-14/h5-6,15H,3-4,7-8H2,1-2H3,(H,16,17). The van der Waals surface area contributed by atoms with Gasteiger partial charge in [-0.2, -0.15) is 0 Å².